The maximum atomic E-state index is 6.06. The van der Waals surface area contributed by atoms with Crippen molar-refractivity contribution in [3.63, 3.8) is 0 Å². The summed E-state index contributed by atoms with van der Waals surface area (Å²) in [5, 5.41) is 1.98. The van der Waals surface area contributed by atoms with Crippen molar-refractivity contribution in [2.75, 3.05) is 0 Å². The molecule has 0 aliphatic heterocycles. The minimum absolute atomic E-state index is 0.770. The Kier molecular flexibility index (Phi) is 2.84. The van der Waals surface area contributed by atoms with Gasteiger partial charge in [0.05, 0.1) is 18.6 Å². The van der Waals surface area contributed by atoms with Crippen molar-refractivity contribution in [2.24, 2.45) is 0 Å². The van der Waals surface area contributed by atoms with Gasteiger partial charge in [0.1, 0.15) is 0 Å². The Morgan fingerprint density at radius 2 is 2.11 bits per heavy atom. The zero-order chi connectivity index (χ0) is 12.5. The van der Waals surface area contributed by atoms with Crippen LogP contribution in [0.3, 0.4) is 0 Å². The zero-order valence-electron chi connectivity index (χ0n) is 10.2. The van der Waals surface area contributed by atoms with Crippen molar-refractivity contribution in [1.29, 1.82) is 0 Å². The number of hydrogen-bond donors (Lipinski definition) is 0. The van der Waals surface area contributed by atoms with E-state index in [-0.39, 0.29) is 0 Å². The van der Waals surface area contributed by atoms with Gasteiger partial charge in [-0.2, -0.15) is 0 Å². The van der Waals surface area contributed by atoms with Crippen LogP contribution in [0.2, 0.25) is 5.02 Å². The van der Waals surface area contributed by atoms with Gasteiger partial charge in [-0.1, -0.05) is 17.7 Å². The van der Waals surface area contributed by atoms with E-state index >= 15 is 0 Å². The third-order valence-corrected chi connectivity index (χ3v) is 3.44. The van der Waals surface area contributed by atoms with E-state index in [1.54, 1.807) is 0 Å². The minimum Gasteiger partial charge on any atom is -0.341 e. The van der Waals surface area contributed by atoms with Gasteiger partial charge in [0.15, 0.2) is 0 Å². The molecule has 0 spiro atoms. The summed E-state index contributed by atoms with van der Waals surface area (Å²) in [5.74, 6) is 0. The molecule has 2 aromatic heterocycles. The Bertz CT molecular complexity index is 681. The van der Waals surface area contributed by atoms with Gasteiger partial charge in [0.25, 0.3) is 0 Å². The lowest BCUT2D eigenvalue weighted by molar-refractivity contribution is 0.679. The molecule has 0 aliphatic rings. The molecule has 0 radical (unpaired) electrons. The molecule has 0 aliphatic carbocycles. The number of benzene rings is 1. The second kappa shape index (κ2) is 4.50. The van der Waals surface area contributed by atoms with E-state index in [9.17, 15) is 0 Å². The monoisotopic (exact) mass is 259 g/mol. The molecule has 1 aromatic carbocycles. The number of rotatable bonds is 3. The molecule has 0 N–H and O–H groups in total. The molecule has 3 nitrogen and oxygen atoms in total. The van der Waals surface area contributed by atoms with Crippen LogP contribution in [-0.2, 0) is 13.1 Å². The van der Waals surface area contributed by atoms with E-state index in [1.807, 2.05) is 30.7 Å². The van der Waals surface area contributed by atoms with E-state index in [0.29, 0.717) is 0 Å². The van der Waals surface area contributed by atoms with Crippen LogP contribution in [0.1, 0.15) is 12.6 Å². The molecule has 0 atom stereocenters. The van der Waals surface area contributed by atoms with Gasteiger partial charge in [-0.05, 0) is 30.5 Å². The molecule has 0 saturated carbocycles. The molecule has 4 heteroatoms. The highest BCUT2D eigenvalue weighted by Gasteiger charge is 2.05. The van der Waals surface area contributed by atoms with Gasteiger partial charge >= 0.3 is 0 Å². The molecule has 0 bridgehead atoms. The highest BCUT2D eigenvalue weighted by atomic mass is 35.5. The summed E-state index contributed by atoms with van der Waals surface area (Å²) in [6.45, 7) is 3.88. The normalized spacial score (nSPS) is 11.2. The Balaban J connectivity index is 2.02. The molecule has 0 amide bonds. The molecule has 18 heavy (non-hydrogen) atoms. The van der Waals surface area contributed by atoms with Crippen LogP contribution < -0.4 is 0 Å². The second-order valence-corrected chi connectivity index (χ2v) is 4.75. The van der Waals surface area contributed by atoms with Crippen LogP contribution in [0, 0.1) is 0 Å². The molecule has 0 fully saturated rings. The first kappa shape index (κ1) is 11.4. The first-order chi connectivity index (χ1) is 8.78. The Hall–Kier alpha value is -1.74. The Labute approximate surface area is 111 Å². The highest BCUT2D eigenvalue weighted by molar-refractivity contribution is 6.31. The van der Waals surface area contributed by atoms with E-state index in [4.69, 9.17) is 11.6 Å². The number of hydrogen-bond acceptors (Lipinski definition) is 1. The number of aryl methyl sites for hydroxylation is 1. The topological polar surface area (TPSA) is 22.8 Å². The van der Waals surface area contributed by atoms with Crippen LogP contribution in [0.15, 0.2) is 43.0 Å². The summed E-state index contributed by atoms with van der Waals surface area (Å²) in [4.78, 5) is 4.19. The van der Waals surface area contributed by atoms with Crippen molar-refractivity contribution in [3.8, 4) is 0 Å². The number of nitrogens with zero attached hydrogens (tertiary/aromatic N) is 3. The molecule has 2 heterocycles. The van der Waals surface area contributed by atoms with Gasteiger partial charge in [-0.25, -0.2) is 4.98 Å². The van der Waals surface area contributed by atoms with Gasteiger partial charge in [0, 0.05) is 29.5 Å². The lowest BCUT2D eigenvalue weighted by Gasteiger charge is -2.08. The first-order valence-electron chi connectivity index (χ1n) is 6.01. The van der Waals surface area contributed by atoms with Gasteiger partial charge in [-0.3, -0.25) is 0 Å². The molecule has 92 valence electrons. The van der Waals surface area contributed by atoms with E-state index < -0.39 is 0 Å². The smallest absolute Gasteiger partial charge is 0.0948 e. The highest BCUT2D eigenvalue weighted by Crippen LogP contribution is 2.21. The fourth-order valence-corrected chi connectivity index (χ4v) is 2.40. The van der Waals surface area contributed by atoms with Crippen LogP contribution in [-0.4, -0.2) is 14.1 Å². The third-order valence-electron chi connectivity index (χ3n) is 3.21. The molecular formula is C14H14ClN3. The maximum absolute atomic E-state index is 6.06. The fraction of sp³-hybridized carbons (Fsp3) is 0.214. The number of halogens is 1. The second-order valence-electron chi connectivity index (χ2n) is 4.32. The third kappa shape index (κ3) is 1.91. The van der Waals surface area contributed by atoms with Crippen molar-refractivity contribution in [2.45, 2.75) is 20.0 Å². The van der Waals surface area contributed by atoms with Crippen molar-refractivity contribution in [3.05, 3.63) is 53.7 Å². The van der Waals surface area contributed by atoms with Crippen LogP contribution >= 0.6 is 11.6 Å². The molecule has 0 unspecified atom stereocenters. The van der Waals surface area contributed by atoms with Gasteiger partial charge in [0.2, 0.25) is 0 Å². The van der Waals surface area contributed by atoms with Crippen LogP contribution in [0.5, 0.6) is 0 Å². The quantitative estimate of drug-likeness (QED) is 0.705. The number of imidazole rings is 1. The standard InChI is InChI=1S/C14H14ClN3/c1-2-17-10-16-8-13(17)9-18-6-5-11-3-4-12(15)7-14(11)18/h3-8,10H,2,9H2,1H3. The number of aromatic nitrogens is 3. The van der Waals surface area contributed by atoms with Crippen molar-refractivity contribution >= 4 is 22.5 Å². The largest absolute Gasteiger partial charge is 0.341 e. The maximum Gasteiger partial charge on any atom is 0.0948 e. The number of fused-ring (bicyclic) bond motifs is 1. The average Bonchev–Trinajstić information content (AvgIpc) is 2.97. The average molecular weight is 260 g/mol. The molecule has 0 saturated heterocycles. The van der Waals surface area contributed by atoms with Crippen LogP contribution in [0.25, 0.3) is 10.9 Å². The molecular weight excluding hydrogens is 246 g/mol. The van der Waals surface area contributed by atoms with Gasteiger partial charge in [-0.15, -0.1) is 0 Å². The summed E-state index contributed by atoms with van der Waals surface area (Å²) in [5.41, 5.74) is 2.36. The van der Waals surface area contributed by atoms with E-state index in [2.05, 4.69) is 33.3 Å². The van der Waals surface area contributed by atoms with E-state index in [1.165, 1.54) is 11.1 Å². The van der Waals surface area contributed by atoms with Crippen molar-refractivity contribution in [1.82, 2.24) is 14.1 Å². The summed E-state index contributed by atoms with van der Waals surface area (Å²) in [6, 6.07) is 8.08. The SMILES string of the molecule is CCn1cncc1Cn1ccc2ccc(Cl)cc21. The van der Waals surface area contributed by atoms with Gasteiger partial charge < -0.3 is 9.13 Å². The predicted molar refractivity (Wildman–Crippen MR) is 74.0 cm³/mol. The fourth-order valence-electron chi connectivity index (χ4n) is 2.23. The minimum atomic E-state index is 0.770. The summed E-state index contributed by atoms with van der Waals surface area (Å²) in [6.07, 6.45) is 5.88. The van der Waals surface area contributed by atoms with E-state index in [0.717, 1.165) is 23.6 Å². The molecule has 3 aromatic rings. The van der Waals surface area contributed by atoms with Crippen molar-refractivity contribution < 1.29 is 0 Å². The summed E-state index contributed by atoms with van der Waals surface area (Å²) in [7, 11) is 0. The van der Waals surface area contributed by atoms with Crippen LogP contribution in [0.4, 0.5) is 0 Å². The lowest BCUT2D eigenvalue weighted by atomic mass is 10.2. The summed E-state index contributed by atoms with van der Waals surface area (Å²) < 4.78 is 4.35. The Morgan fingerprint density at radius 3 is 2.94 bits per heavy atom. The zero-order valence-corrected chi connectivity index (χ0v) is 10.9. The lowest BCUT2D eigenvalue weighted by Crippen LogP contribution is -2.04. The first-order valence-corrected chi connectivity index (χ1v) is 6.39. The summed E-state index contributed by atoms with van der Waals surface area (Å²) >= 11 is 6.06. The molecule has 3 rings (SSSR count). The predicted octanol–water partition coefficient (Wildman–Crippen LogP) is 3.56. The Morgan fingerprint density at radius 1 is 1.22 bits per heavy atom.